The van der Waals surface area contributed by atoms with Crippen molar-refractivity contribution >= 4 is 108 Å². The van der Waals surface area contributed by atoms with E-state index < -0.39 is 0 Å². The first-order chi connectivity index (χ1) is 31.1. The van der Waals surface area contributed by atoms with Gasteiger partial charge in [-0.15, -0.1) is 11.3 Å². The second kappa shape index (κ2) is 12.9. The van der Waals surface area contributed by atoms with Gasteiger partial charge < -0.3 is 8.98 Å². The van der Waals surface area contributed by atoms with E-state index in [-0.39, 0.29) is 0 Å². The maximum atomic E-state index is 6.87. The van der Waals surface area contributed by atoms with E-state index >= 15 is 0 Å². The molecular formula is C56H33N5OS. The smallest absolute Gasteiger partial charge is 0.238 e. The molecule has 5 heterocycles. The molecule has 0 bridgehead atoms. The summed E-state index contributed by atoms with van der Waals surface area (Å²) >= 11 is 1.79. The predicted molar refractivity (Wildman–Crippen MR) is 262 cm³/mol. The molecular weight excluding hydrogens is 791 g/mol. The molecule has 0 fully saturated rings. The molecule has 63 heavy (non-hydrogen) atoms. The van der Waals surface area contributed by atoms with Crippen molar-refractivity contribution in [3.05, 3.63) is 188 Å². The van der Waals surface area contributed by atoms with Crippen molar-refractivity contribution in [3.63, 3.8) is 0 Å². The molecule has 5 aromatic heterocycles. The van der Waals surface area contributed by atoms with Gasteiger partial charge in [-0.1, -0.05) is 121 Å². The lowest BCUT2D eigenvalue weighted by Crippen LogP contribution is -2.07. The first kappa shape index (κ1) is 34.6. The molecule has 0 aliphatic heterocycles. The van der Waals surface area contributed by atoms with Crippen molar-refractivity contribution < 1.29 is 4.42 Å². The van der Waals surface area contributed by atoms with Crippen molar-refractivity contribution in [1.29, 1.82) is 0 Å². The van der Waals surface area contributed by atoms with Gasteiger partial charge in [0.05, 0.1) is 27.8 Å². The predicted octanol–water partition coefficient (Wildman–Crippen LogP) is 15.1. The van der Waals surface area contributed by atoms with Gasteiger partial charge in [0.15, 0.2) is 17.2 Å². The van der Waals surface area contributed by atoms with Gasteiger partial charge >= 0.3 is 0 Å². The summed E-state index contributed by atoms with van der Waals surface area (Å²) in [5.74, 6) is 1.76. The van der Waals surface area contributed by atoms with Gasteiger partial charge in [0.2, 0.25) is 5.95 Å². The maximum absolute atomic E-state index is 6.87. The number of aryl methyl sites for hydroxylation is 1. The van der Waals surface area contributed by atoms with Crippen LogP contribution in [-0.2, 0) is 0 Å². The van der Waals surface area contributed by atoms with Crippen molar-refractivity contribution in [2.45, 2.75) is 6.92 Å². The lowest BCUT2D eigenvalue weighted by atomic mass is 10.0. The molecule has 294 valence electrons. The molecule has 0 amide bonds. The highest BCUT2D eigenvalue weighted by atomic mass is 32.1. The Morgan fingerprint density at radius 3 is 1.83 bits per heavy atom. The second-order valence-corrected chi connectivity index (χ2v) is 17.5. The van der Waals surface area contributed by atoms with Crippen molar-refractivity contribution in [1.82, 2.24) is 24.1 Å². The molecule has 0 aliphatic carbocycles. The monoisotopic (exact) mass is 823 g/mol. The van der Waals surface area contributed by atoms with Gasteiger partial charge in [0, 0.05) is 63.6 Å². The standard InChI is InChI=1S/C56H33N5OS/c1-32-26-27-41(53-51(32)40-20-8-13-25-50(40)63-53)55-57-54(58-56(59-55)61-45-22-10-4-16-36(45)37-17-5-11-23-46(37)61)35-29-43-39-19-7-12-24-49(39)62-52(43)48(31-35)60-44-21-9-6-18-38(44)42-28-33-14-2-3-15-34(33)30-47(42)60/h2-31H,1H3. The van der Waals surface area contributed by atoms with Gasteiger partial charge in [-0.25, -0.2) is 4.98 Å². The van der Waals surface area contributed by atoms with Crippen molar-refractivity contribution in [2.24, 2.45) is 0 Å². The Hall–Kier alpha value is -8.13. The Morgan fingerprint density at radius 1 is 0.460 bits per heavy atom. The van der Waals surface area contributed by atoms with Crippen LogP contribution in [0.3, 0.4) is 0 Å². The molecule has 14 aromatic rings. The summed E-state index contributed by atoms with van der Waals surface area (Å²) in [4.78, 5) is 16.4. The van der Waals surface area contributed by atoms with Gasteiger partial charge in [0.25, 0.3) is 0 Å². The summed E-state index contributed by atoms with van der Waals surface area (Å²) in [7, 11) is 0. The Balaban J connectivity index is 1.12. The van der Waals surface area contributed by atoms with E-state index in [0.717, 1.165) is 76.3 Å². The van der Waals surface area contributed by atoms with Gasteiger partial charge in [-0.05, 0) is 83.9 Å². The Labute approximate surface area is 363 Å². The molecule has 0 spiro atoms. The number of aromatic nitrogens is 5. The normalized spacial score (nSPS) is 12.2. The van der Waals surface area contributed by atoms with Crippen LogP contribution < -0.4 is 0 Å². The molecule has 0 saturated heterocycles. The largest absolute Gasteiger partial charge is 0.454 e. The summed E-state index contributed by atoms with van der Waals surface area (Å²) in [5.41, 5.74) is 9.88. The number of furan rings is 1. The average molecular weight is 824 g/mol. The summed E-state index contributed by atoms with van der Waals surface area (Å²) in [5, 5.41) is 11.5. The van der Waals surface area contributed by atoms with Crippen LogP contribution in [0.5, 0.6) is 0 Å². The maximum Gasteiger partial charge on any atom is 0.238 e. The summed E-state index contributed by atoms with van der Waals surface area (Å²) in [6, 6.07) is 64.6. The third kappa shape index (κ3) is 4.96. The number of thiophene rings is 1. The molecule has 0 atom stereocenters. The van der Waals surface area contributed by atoms with Gasteiger partial charge in [-0.3, -0.25) is 4.57 Å². The van der Waals surface area contributed by atoms with E-state index in [1.807, 2.05) is 12.1 Å². The molecule has 0 radical (unpaired) electrons. The van der Waals surface area contributed by atoms with Crippen LogP contribution in [0.2, 0.25) is 0 Å². The molecule has 7 heteroatoms. The Morgan fingerprint density at radius 2 is 1.06 bits per heavy atom. The van der Waals surface area contributed by atoms with Crippen LogP contribution in [0.4, 0.5) is 0 Å². The van der Waals surface area contributed by atoms with Crippen molar-refractivity contribution in [2.75, 3.05) is 0 Å². The fraction of sp³-hybridized carbons (Fsp3) is 0.0179. The first-order valence-corrected chi connectivity index (χ1v) is 22.0. The number of rotatable bonds is 4. The van der Waals surface area contributed by atoms with Crippen LogP contribution in [0.25, 0.3) is 131 Å². The minimum absolute atomic E-state index is 0.560. The van der Waals surface area contributed by atoms with Crippen LogP contribution in [0, 0.1) is 6.92 Å². The topological polar surface area (TPSA) is 61.7 Å². The fourth-order valence-electron chi connectivity index (χ4n) is 10.0. The SMILES string of the molecule is Cc1ccc(-c2nc(-c3cc(-n4c5ccccc5c5cc6ccccc6cc54)c4oc5ccccc5c4c3)nc(-n3c4ccccc4c4ccccc43)n2)c2sc3ccccc3c12. The highest BCUT2D eigenvalue weighted by Crippen LogP contribution is 2.44. The third-order valence-electron chi connectivity index (χ3n) is 12.9. The van der Waals surface area contributed by atoms with Crippen LogP contribution in [0.15, 0.2) is 186 Å². The molecule has 0 saturated carbocycles. The zero-order valence-corrected chi connectivity index (χ0v) is 34.7. The Kier molecular flexibility index (Phi) is 7.10. The number of hydrogen-bond acceptors (Lipinski definition) is 5. The van der Waals surface area contributed by atoms with Gasteiger partial charge in [0.1, 0.15) is 5.58 Å². The van der Waals surface area contributed by atoms with E-state index in [1.54, 1.807) is 11.3 Å². The molecule has 9 aromatic carbocycles. The van der Waals surface area contributed by atoms with Crippen molar-refractivity contribution in [3.8, 4) is 34.4 Å². The number of nitrogens with zero attached hydrogens (tertiary/aromatic N) is 5. The minimum Gasteiger partial charge on any atom is -0.454 e. The first-order valence-electron chi connectivity index (χ1n) is 21.2. The molecule has 0 N–H and O–H groups in total. The summed E-state index contributed by atoms with van der Waals surface area (Å²) in [6.07, 6.45) is 0. The Bertz CT molecular complexity index is 4190. The third-order valence-corrected chi connectivity index (χ3v) is 14.1. The van der Waals surface area contributed by atoms with Gasteiger partial charge in [-0.2, -0.15) is 9.97 Å². The summed E-state index contributed by atoms with van der Waals surface area (Å²) < 4.78 is 13.8. The molecule has 0 unspecified atom stereocenters. The van der Waals surface area contributed by atoms with E-state index in [9.17, 15) is 0 Å². The average Bonchev–Trinajstić information content (AvgIpc) is 4.09. The number of para-hydroxylation sites is 4. The zero-order chi connectivity index (χ0) is 41.3. The van der Waals surface area contributed by atoms with E-state index in [2.05, 4.69) is 186 Å². The second-order valence-electron chi connectivity index (χ2n) is 16.4. The number of hydrogen-bond donors (Lipinski definition) is 0. The molecule has 0 aliphatic rings. The molecule has 14 rings (SSSR count). The van der Waals surface area contributed by atoms with Crippen LogP contribution >= 0.6 is 11.3 Å². The summed E-state index contributed by atoms with van der Waals surface area (Å²) in [6.45, 7) is 2.19. The van der Waals surface area contributed by atoms with E-state index in [0.29, 0.717) is 17.6 Å². The fourth-order valence-corrected chi connectivity index (χ4v) is 11.3. The number of benzene rings is 9. The molecule has 6 nitrogen and oxygen atoms in total. The quantitative estimate of drug-likeness (QED) is 0.177. The zero-order valence-electron chi connectivity index (χ0n) is 33.9. The minimum atomic E-state index is 0.560. The van der Waals surface area contributed by atoms with Crippen LogP contribution in [0.1, 0.15) is 5.56 Å². The van der Waals surface area contributed by atoms with E-state index in [1.165, 1.54) is 42.6 Å². The highest BCUT2D eigenvalue weighted by Gasteiger charge is 2.24. The highest BCUT2D eigenvalue weighted by molar-refractivity contribution is 7.26. The lowest BCUT2D eigenvalue weighted by Gasteiger charge is -2.14. The van der Waals surface area contributed by atoms with Crippen LogP contribution in [-0.4, -0.2) is 24.1 Å². The lowest BCUT2D eigenvalue weighted by molar-refractivity contribution is 0.666. The van der Waals surface area contributed by atoms with E-state index in [4.69, 9.17) is 19.4 Å². The number of fused-ring (bicyclic) bond motifs is 13.